The zero-order valence-electron chi connectivity index (χ0n) is 18.1. The van der Waals surface area contributed by atoms with Gasteiger partial charge in [0, 0.05) is 0 Å². The van der Waals surface area contributed by atoms with Crippen molar-refractivity contribution in [2.45, 2.75) is 90.3 Å². The second-order valence-electron chi connectivity index (χ2n) is 10.5. The normalized spacial score (nSPS) is 39.9. The Morgan fingerprint density at radius 1 is 1.17 bits per heavy atom. The molecule has 0 bridgehead atoms. The van der Waals surface area contributed by atoms with E-state index in [-0.39, 0.29) is 17.3 Å². The van der Waals surface area contributed by atoms with Crippen LogP contribution in [0, 0.1) is 29.1 Å². The lowest BCUT2D eigenvalue weighted by atomic mass is 9.61. The number of carbonyl (C=O) groups excluding carboxylic acids is 1. The highest BCUT2D eigenvalue weighted by Gasteiger charge is 2.52. The second-order valence-corrected chi connectivity index (χ2v) is 10.5. The van der Waals surface area contributed by atoms with E-state index in [9.17, 15) is 15.0 Å². The van der Waals surface area contributed by atoms with Gasteiger partial charge in [-0.1, -0.05) is 37.1 Å². The van der Waals surface area contributed by atoms with Crippen molar-refractivity contribution in [3.63, 3.8) is 0 Å². The third-order valence-electron chi connectivity index (χ3n) is 8.24. The van der Waals surface area contributed by atoms with E-state index in [1.807, 2.05) is 0 Å². The molecule has 0 heterocycles. The molecule has 0 radical (unpaired) electrons. The van der Waals surface area contributed by atoms with E-state index in [1.54, 1.807) is 0 Å². The van der Waals surface area contributed by atoms with Crippen LogP contribution in [0.1, 0.15) is 78.1 Å². The van der Waals surface area contributed by atoms with Crippen LogP contribution in [0.4, 0.5) is 0 Å². The van der Waals surface area contributed by atoms with E-state index in [2.05, 4.69) is 26.0 Å². The minimum atomic E-state index is -0.418. The predicted octanol–water partition coefficient (Wildman–Crippen LogP) is 4.55. The highest BCUT2D eigenvalue weighted by atomic mass is 16.5. The van der Waals surface area contributed by atoms with Crippen LogP contribution in [0.3, 0.4) is 0 Å². The quantitative estimate of drug-likeness (QED) is 0.662. The van der Waals surface area contributed by atoms with Crippen molar-refractivity contribution in [1.82, 2.24) is 0 Å². The lowest BCUT2D eigenvalue weighted by molar-refractivity contribution is -0.152. The van der Waals surface area contributed by atoms with Crippen molar-refractivity contribution < 1.29 is 19.7 Å². The number of ether oxygens (including phenoxy) is 1. The molecule has 0 amide bonds. The summed E-state index contributed by atoms with van der Waals surface area (Å²) in [6.07, 6.45) is 13.6. The summed E-state index contributed by atoms with van der Waals surface area (Å²) in [5, 5.41) is 19.9. The molecule has 4 aliphatic carbocycles. The maximum Gasteiger partial charge on any atom is 0.308 e. The van der Waals surface area contributed by atoms with Gasteiger partial charge in [0.1, 0.15) is 0 Å². The average molecular weight is 403 g/mol. The van der Waals surface area contributed by atoms with Gasteiger partial charge >= 0.3 is 5.97 Å². The van der Waals surface area contributed by atoms with Crippen LogP contribution in [-0.2, 0) is 9.53 Å². The smallest absolute Gasteiger partial charge is 0.308 e. The first-order chi connectivity index (χ1) is 13.9. The van der Waals surface area contributed by atoms with Gasteiger partial charge in [-0.05, 0) is 87.4 Å². The lowest BCUT2D eigenvalue weighted by Gasteiger charge is -2.43. The van der Waals surface area contributed by atoms with Crippen LogP contribution in [0.2, 0.25) is 0 Å². The predicted molar refractivity (Wildman–Crippen MR) is 113 cm³/mol. The average Bonchev–Trinajstić information content (AvgIpc) is 3.43. The number of esters is 1. The van der Waals surface area contributed by atoms with Gasteiger partial charge in [-0.15, -0.1) is 0 Å². The monoisotopic (exact) mass is 402 g/mol. The largest absolute Gasteiger partial charge is 0.465 e. The van der Waals surface area contributed by atoms with Crippen molar-refractivity contribution in [2.24, 2.45) is 29.1 Å². The van der Waals surface area contributed by atoms with Crippen LogP contribution in [0.5, 0.6) is 0 Å². The Hall–Kier alpha value is -1.13. The number of aliphatic hydroxyl groups excluding tert-OH is 2. The summed E-state index contributed by atoms with van der Waals surface area (Å²) in [7, 11) is 0. The van der Waals surface area contributed by atoms with Gasteiger partial charge < -0.3 is 14.9 Å². The molecule has 0 spiro atoms. The molecule has 4 aliphatic rings. The summed E-state index contributed by atoms with van der Waals surface area (Å²) < 4.78 is 5.63. The standard InChI is InChI=1S/C25H38O4/c1-16(24(28)29-15-17-5-6-17)22-9-10-23-19(4-3-11-25(22,23)2)8-7-18-12-20(26)14-21(27)13-18/h7-8,16-17,20-23,26-27H,3-6,9-15H2,1-2H3/b19-8+/t16-,20+,21+,22+,23-,25+/m0/s1. The highest BCUT2D eigenvalue weighted by molar-refractivity contribution is 5.72. The zero-order valence-corrected chi connectivity index (χ0v) is 18.1. The lowest BCUT2D eigenvalue weighted by Crippen LogP contribution is -2.38. The van der Waals surface area contributed by atoms with E-state index in [0.29, 0.717) is 43.6 Å². The Morgan fingerprint density at radius 3 is 2.59 bits per heavy atom. The third kappa shape index (κ3) is 4.64. The van der Waals surface area contributed by atoms with Crippen LogP contribution in [0.25, 0.3) is 0 Å². The number of fused-ring (bicyclic) bond motifs is 1. The van der Waals surface area contributed by atoms with Crippen molar-refractivity contribution >= 4 is 5.97 Å². The summed E-state index contributed by atoms with van der Waals surface area (Å²) in [6.45, 7) is 5.10. The van der Waals surface area contributed by atoms with Crippen LogP contribution < -0.4 is 0 Å². The first-order valence-corrected chi connectivity index (χ1v) is 11.8. The third-order valence-corrected chi connectivity index (χ3v) is 8.24. The molecule has 4 heteroatoms. The van der Waals surface area contributed by atoms with Crippen molar-refractivity contribution in [3.8, 4) is 0 Å². The molecule has 6 atom stereocenters. The molecule has 0 saturated heterocycles. The Bertz CT molecular complexity index is 664. The summed E-state index contributed by atoms with van der Waals surface area (Å²) >= 11 is 0. The fourth-order valence-corrected chi connectivity index (χ4v) is 6.41. The van der Waals surface area contributed by atoms with Gasteiger partial charge in [0.25, 0.3) is 0 Å². The Kier molecular flexibility index (Phi) is 6.22. The number of aliphatic hydroxyl groups is 2. The van der Waals surface area contributed by atoms with Gasteiger partial charge in [-0.2, -0.15) is 0 Å². The molecular weight excluding hydrogens is 364 g/mol. The number of hydrogen-bond acceptors (Lipinski definition) is 4. The van der Waals surface area contributed by atoms with Crippen LogP contribution in [0.15, 0.2) is 23.3 Å². The summed E-state index contributed by atoms with van der Waals surface area (Å²) in [4.78, 5) is 12.7. The van der Waals surface area contributed by atoms with E-state index in [4.69, 9.17) is 4.74 Å². The first kappa shape index (κ1) is 21.1. The van der Waals surface area contributed by atoms with Gasteiger partial charge in [0.2, 0.25) is 0 Å². The molecule has 4 nitrogen and oxygen atoms in total. The van der Waals surface area contributed by atoms with E-state index in [1.165, 1.54) is 31.3 Å². The first-order valence-electron chi connectivity index (χ1n) is 11.8. The second kappa shape index (κ2) is 8.55. The van der Waals surface area contributed by atoms with Crippen molar-refractivity contribution in [2.75, 3.05) is 6.61 Å². The SMILES string of the molecule is C[C@H](C(=O)OCC1CC1)[C@H]1CC[C@H]2/C(=C/C=C3C[C@@H](O)C[C@H](O)C3)CCC[C@]12C. The summed E-state index contributed by atoms with van der Waals surface area (Å²) in [5.41, 5.74) is 2.83. The number of hydrogen-bond donors (Lipinski definition) is 2. The molecular formula is C25H38O4. The Labute approximate surface area is 175 Å². The Morgan fingerprint density at radius 2 is 1.90 bits per heavy atom. The Balaban J connectivity index is 1.44. The molecule has 0 aromatic heterocycles. The molecule has 0 aliphatic heterocycles. The zero-order chi connectivity index (χ0) is 20.6. The molecule has 0 aromatic rings. The summed E-state index contributed by atoms with van der Waals surface area (Å²) in [6, 6.07) is 0. The highest BCUT2D eigenvalue weighted by Crippen LogP contribution is 2.59. The minimum Gasteiger partial charge on any atom is -0.465 e. The molecule has 162 valence electrons. The fourth-order valence-electron chi connectivity index (χ4n) is 6.41. The van der Waals surface area contributed by atoms with Gasteiger partial charge in [0.15, 0.2) is 0 Å². The van der Waals surface area contributed by atoms with Crippen molar-refractivity contribution in [3.05, 3.63) is 23.3 Å². The molecule has 0 aromatic carbocycles. The van der Waals surface area contributed by atoms with Gasteiger partial charge in [0.05, 0.1) is 24.7 Å². The van der Waals surface area contributed by atoms with Crippen molar-refractivity contribution in [1.29, 1.82) is 0 Å². The topological polar surface area (TPSA) is 66.8 Å². The molecule has 4 fully saturated rings. The van der Waals surface area contributed by atoms with E-state index < -0.39 is 12.2 Å². The molecule has 2 N–H and O–H groups in total. The minimum absolute atomic E-state index is 0.00665. The maximum atomic E-state index is 12.7. The van der Waals surface area contributed by atoms with Crippen LogP contribution in [-0.4, -0.2) is 35.0 Å². The number of rotatable bonds is 5. The molecule has 29 heavy (non-hydrogen) atoms. The van der Waals surface area contributed by atoms with Gasteiger partial charge in [-0.3, -0.25) is 4.79 Å². The van der Waals surface area contributed by atoms with E-state index >= 15 is 0 Å². The molecule has 4 rings (SSSR count). The summed E-state index contributed by atoms with van der Waals surface area (Å²) in [5.74, 6) is 1.54. The molecule has 4 saturated carbocycles. The number of carbonyl (C=O) groups is 1. The van der Waals surface area contributed by atoms with Gasteiger partial charge in [-0.25, -0.2) is 0 Å². The molecule has 0 unspecified atom stereocenters. The van der Waals surface area contributed by atoms with Crippen LogP contribution >= 0.6 is 0 Å². The van der Waals surface area contributed by atoms with E-state index in [0.717, 1.165) is 24.8 Å². The maximum absolute atomic E-state index is 12.7. The number of allylic oxidation sites excluding steroid dienone is 3. The fraction of sp³-hybridized carbons (Fsp3) is 0.800.